The highest BCUT2D eigenvalue weighted by Gasteiger charge is 2.33. The van der Waals surface area contributed by atoms with Crippen LogP contribution in [0.2, 0.25) is 0 Å². The molecule has 1 heterocycles. The Morgan fingerprint density at radius 3 is 2.47 bits per heavy atom. The molecule has 9 heteroatoms. The van der Waals surface area contributed by atoms with E-state index in [4.69, 9.17) is 4.74 Å². The summed E-state index contributed by atoms with van der Waals surface area (Å²) in [6, 6.07) is 12.7. The minimum absolute atomic E-state index is 0.0107. The molecular weight excluding hydrogens is 402 g/mol. The molecule has 0 N–H and O–H groups in total. The molecule has 0 radical (unpaired) electrons. The predicted molar refractivity (Wildman–Crippen MR) is 112 cm³/mol. The van der Waals surface area contributed by atoms with Gasteiger partial charge < -0.3 is 4.74 Å². The van der Waals surface area contributed by atoms with E-state index >= 15 is 0 Å². The Hall–Kier alpha value is -2.78. The lowest BCUT2D eigenvalue weighted by Crippen LogP contribution is -2.38. The maximum atomic E-state index is 13.7. The van der Waals surface area contributed by atoms with Crippen molar-refractivity contribution < 1.29 is 13.2 Å². The molecule has 2 aromatic carbocycles. The van der Waals surface area contributed by atoms with Crippen molar-refractivity contribution in [3.05, 3.63) is 59.9 Å². The molecule has 0 saturated heterocycles. The number of aromatic nitrogens is 4. The van der Waals surface area contributed by atoms with Crippen LogP contribution < -0.4 is 4.74 Å². The maximum Gasteiger partial charge on any atom is 0.243 e. The smallest absolute Gasteiger partial charge is 0.243 e. The van der Waals surface area contributed by atoms with Crippen molar-refractivity contribution in [1.29, 1.82) is 0 Å². The van der Waals surface area contributed by atoms with E-state index in [0.717, 1.165) is 48.2 Å². The number of aryl methyl sites for hydroxylation is 1. The number of rotatable bonds is 7. The third-order valence-electron chi connectivity index (χ3n) is 5.60. The van der Waals surface area contributed by atoms with Crippen molar-refractivity contribution >= 4 is 10.0 Å². The summed E-state index contributed by atoms with van der Waals surface area (Å²) in [5.74, 6) is 0.753. The quantitative estimate of drug-likeness (QED) is 0.575. The lowest BCUT2D eigenvalue weighted by Gasteiger charge is -2.28. The highest BCUT2D eigenvalue weighted by atomic mass is 32.2. The fourth-order valence-electron chi connectivity index (χ4n) is 3.97. The minimum Gasteiger partial charge on any atom is -0.497 e. The Morgan fingerprint density at radius 2 is 1.87 bits per heavy atom. The molecular formula is C21H25N5O3S. The predicted octanol–water partition coefficient (Wildman–Crippen LogP) is 3.11. The topological polar surface area (TPSA) is 90.2 Å². The SMILES string of the molecule is COc1ccc(CN(C2CCCC2)S(=O)(=O)c2ccc(-n3cnnn3)c(C)c2)cc1. The summed E-state index contributed by atoms with van der Waals surface area (Å²) < 4.78 is 35.7. The number of hydrogen-bond donors (Lipinski definition) is 0. The Labute approximate surface area is 176 Å². The third-order valence-corrected chi connectivity index (χ3v) is 7.49. The number of sulfonamides is 1. The zero-order chi connectivity index (χ0) is 21.1. The van der Waals surface area contributed by atoms with Gasteiger partial charge in [0.25, 0.3) is 0 Å². The van der Waals surface area contributed by atoms with E-state index in [1.54, 1.807) is 29.6 Å². The molecule has 4 rings (SSSR count). The second-order valence-corrected chi connectivity index (χ2v) is 9.43. The van der Waals surface area contributed by atoms with Crippen LogP contribution in [0.15, 0.2) is 53.7 Å². The van der Waals surface area contributed by atoms with E-state index in [1.807, 2.05) is 31.2 Å². The average Bonchev–Trinajstić information content (AvgIpc) is 3.46. The molecule has 158 valence electrons. The molecule has 1 aromatic heterocycles. The van der Waals surface area contributed by atoms with Crippen molar-refractivity contribution in [3.63, 3.8) is 0 Å². The van der Waals surface area contributed by atoms with Gasteiger partial charge >= 0.3 is 0 Å². The van der Waals surface area contributed by atoms with Gasteiger partial charge in [0.2, 0.25) is 10.0 Å². The standard InChI is InChI=1S/C21H25N5O3S/c1-16-13-20(11-12-21(16)25-15-22-23-24-25)30(27,28)26(18-5-3-4-6-18)14-17-7-9-19(29-2)10-8-17/h7-13,15,18H,3-6,14H2,1-2H3. The van der Waals surface area contributed by atoms with Crippen molar-refractivity contribution in [1.82, 2.24) is 24.5 Å². The molecule has 0 atom stereocenters. The molecule has 8 nitrogen and oxygen atoms in total. The Balaban J connectivity index is 1.67. The van der Waals surface area contributed by atoms with E-state index in [9.17, 15) is 8.42 Å². The Kier molecular flexibility index (Phi) is 5.83. The second-order valence-electron chi connectivity index (χ2n) is 7.54. The van der Waals surface area contributed by atoms with Crippen molar-refractivity contribution in [2.24, 2.45) is 0 Å². The van der Waals surface area contributed by atoms with Crippen LogP contribution in [-0.4, -0.2) is 46.1 Å². The molecule has 1 aliphatic carbocycles. The van der Waals surface area contributed by atoms with Gasteiger partial charge in [0, 0.05) is 12.6 Å². The number of nitrogens with zero attached hydrogens (tertiary/aromatic N) is 5. The van der Waals surface area contributed by atoms with E-state index < -0.39 is 10.0 Å². The van der Waals surface area contributed by atoms with Crippen molar-refractivity contribution in [2.75, 3.05) is 7.11 Å². The van der Waals surface area contributed by atoms with E-state index in [1.165, 1.54) is 11.0 Å². The first-order valence-electron chi connectivity index (χ1n) is 9.98. The zero-order valence-electron chi connectivity index (χ0n) is 17.1. The first-order chi connectivity index (χ1) is 14.5. The zero-order valence-corrected chi connectivity index (χ0v) is 17.9. The van der Waals surface area contributed by atoms with Crippen LogP contribution in [0.3, 0.4) is 0 Å². The first kappa shape index (κ1) is 20.5. The summed E-state index contributed by atoms with van der Waals surface area (Å²) in [6.45, 7) is 2.20. The van der Waals surface area contributed by atoms with Crippen LogP contribution in [0.5, 0.6) is 5.75 Å². The molecule has 30 heavy (non-hydrogen) atoms. The van der Waals surface area contributed by atoms with E-state index in [0.29, 0.717) is 6.54 Å². The van der Waals surface area contributed by atoms with Crippen molar-refractivity contribution in [2.45, 2.75) is 50.1 Å². The van der Waals surface area contributed by atoms with Crippen LogP contribution in [0.4, 0.5) is 0 Å². The highest BCUT2D eigenvalue weighted by molar-refractivity contribution is 7.89. The molecule has 3 aromatic rings. The second kappa shape index (κ2) is 8.53. The third kappa shape index (κ3) is 4.08. The summed E-state index contributed by atoms with van der Waals surface area (Å²) in [5.41, 5.74) is 2.48. The fraction of sp³-hybridized carbons (Fsp3) is 0.381. The van der Waals surface area contributed by atoms with Gasteiger partial charge in [-0.15, -0.1) is 5.10 Å². The van der Waals surface area contributed by atoms with Crippen LogP contribution in [0.25, 0.3) is 5.69 Å². The Bertz CT molecular complexity index is 1090. The van der Waals surface area contributed by atoms with Gasteiger partial charge in [0.1, 0.15) is 12.1 Å². The number of benzene rings is 2. The monoisotopic (exact) mass is 427 g/mol. The highest BCUT2D eigenvalue weighted by Crippen LogP contribution is 2.31. The first-order valence-corrected chi connectivity index (χ1v) is 11.4. The summed E-state index contributed by atoms with van der Waals surface area (Å²) in [4.78, 5) is 0.289. The average molecular weight is 428 g/mol. The Morgan fingerprint density at radius 1 is 1.13 bits per heavy atom. The molecule has 0 amide bonds. The van der Waals surface area contributed by atoms with Crippen LogP contribution in [-0.2, 0) is 16.6 Å². The summed E-state index contributed by atoms with van der Waals surface area (Å²) >= 11 is 0. The van der Waals surface area contributed by atoms with Gasteiger partial charge in [-0.1, -0.05) is 25.0 Å². The number of hydrogen-bond acceptors (Lipinski definition) is 6. The summed E-state index contributed by atoms with van der Waals surface area (Å²) in [6.07, 6.45) is 5.37. The van der Waals surface area contributed by atoms with Gasteiger partial charge in [-0.25, -0.2) is 13.1 Å². The molecule has 0 bridgehead atoms. The van der Waals surface area contributed by atoms with Crippen molar-refractivity contribution in [3.8, 4) is 11.4 Å². The van der Waals surface area contributed by atoms with E-state index in [-0.39, 0.29) is 10.9 Å². The van der Waals surface area contributed by atoms with Gasteiger partial charge in [-0.2, -0.15) is 4.31 Å². The normalized spacial score (nSPS) is 15.0. The van der Waals surface area contributed by atoms with Gasteiger partial charge in [0.05, 0.1) is 17.7 Å². The van der Waals surface area contributed by atoms with Gasteiger partial charge in [0.15, 0.2) is 0 Å². The fourth-order valence-corrected chi connectivity index (χ4v) is 5.72. The molecule has 1 aliphatic rings. The summed E-state index contributed by atoms with van der Waals surface area (Å²) in [5, 5.41) is 11.2. The summed E-state index contributed by atoms with van der Waals surface area (Å²) in [7, 11) is -2.05. The lowest BCUT2D eigenvalue weighted by atomic mass is 10.2. The molecule has 0 aliphatic heterocycles. The molecule has 0 unspecified atom stereocenters. The lowest BCUT2D eigenvalue weighted by molar-refractivity contribution is 0.316. The van der Waals surface area contributed by atoms with E-state index in [2.05, 4.69) is 15.5 Å². The van der Waals surface area contributed by atoms with Crippen LogP contribution in [0, 0.1) is 6.92 Å². The van der Waals surface area contributed by atoms with Crippen LogP contribution in [0.1, 0.15) is 36.8 Å². The number of tetrazole rings is 1. The number of methoxy groups -OCH3 is 1. The molecule has 1 saturated carbocycles. The molecule has 0 spiro atoms. The molecule has 1 fully saturated rings. The van der Waals surface area contributed by atoms with Gasteiger partial charge in [-0.3, -0.25) is 0 Å². The largest absolute Gasteiger partial charge is 0.497 e. The van der Waals surface area contributed by atoms with Crippen LogP contribution >= 0.6 is 0 Å². The minimum atomic E-state index is -3.67. The van der Waals surface area contributed by atoms with Gasteiger partial charge in [-0.05, 0) is 71.7 Å². The number of ether oxygens (including phenoxy) is 1. The maximum absolute atomic E-state index is 13.7.